The largest absolute Gasteiger partial charge is 0.484 e. The highest BCUT2D eigenvalue weighted by molar-refractivity contribution is 5.79. The van der Waals surface area contributed by atoms with Gasteiger partial charge >= 0.3 is 5.63 Å². The summed E-state index contributed by atoms with van der Waals surface area (Å²) >= 11 is 0. The number of rotatable bonds is 4. The first-order chi connectivity index (χ1) is 13.2. The fraction of sp³-hybridized carbons (Fsp3) is 0.238. The van der Waals surface area contributed by atoms with E-state index in [1.165, 1.54) is 6.07 Å². The van der Waals surface area contributed by atoms with Crippen molar-refractivity contribution in [2.45, 2.75) is 6.10 Å². The van der Waals surface area contributed by atoms with Crippen LogP contribution in [0.15, 0.2) is 69.9 Å². The lowest BCUT2D eigenvalue weighted by Crippen LogP contribution is -2.44. The minimum absolute atomic E-state index is 0.0793. The van der Waals surface area contributed by atoms with Crippen LogP contribution in [0, 0.1) is 0 Å². The predicted octanol–water partition coefficient (Wildman–Crippen LogP) is 2.77. The second-order valence-corrected chi connectivity index (χ2v) is 6.35. The third-order valence-electron chi connectivity index (χ3n) is 4.55. The lowest BCUT2D eigenvalue weighted by atomic mass is 10.1. The van der Waals surface area contributed by atoms with Gasteiger partial charge < -0.3 is 18.8 Å². The number of nitrogens with zero attached hydrogens (tertiary/aromatic N) is 1. The summed E-state index contributed by atoms with van der Waals surface area (Å²) in [6, 6.07) is 18.1. The molecule has 1 unspecified atom stereocenters. The van der Waals surface area contributed by atoms with Crippen molar-refractivity contribution in [2.75, 3.05) is 26.3 Å². The van der Waals surface area contributed by atoms with Crippen molar-refractivity contribution in [1.29, 1.82) is 0 Å². The molecule has 0 spiro atoms. The number of benzene rings is 2. The van der Waals surface area contributed by atoms with Crippen LogP contribution in [-0.4, -0.2) is 37.1 Å². The predicted molar refractivity (Wildman–Crippen MR) is 99.7 cm³/mol. The minimum Gasteiger partial charge on any atom is -0.484 e. The number of hydrogen-bond donors (Lipinski definition) is 0. The summed E-state index contributed by atoms with van der Waals surface area (Å²) < 4.78 is 16.5. The number of carbonyl (C=O) groups is 1. The Morgan fingerprint density at radius 1 is 1.11 bits per heavy atom. The second kappa shape index (κ2) is 7.63. The molecule has 1 atom stereocenters. The SMILES string of the molecule is O=C(COc1ccc2ccc(=O)oc2c1)N1CCOC(c2ccccc2)C1. The third kappa shape index (κ3) is 4.01. The molecule has 4 rings (SSSR count). The molecule has 0 radical (unpaired) electrons. The van der Waals surface area contributed by atoms with Crippen LogP contribution in [0.2, 0.25) is 0 Å². The van der Waals surface area contributed by atoms with Gasteiger partial charge in [0.1, 0.15) is 17.4 Å². The Kier molecular flexibility index (Phi) is 4.89. The maximum atomic E-state index is 12.5. The summed E-state index contributed by atoms with van der Waals surface area (Å²) in [5, 5.41) is 0.798. The summed E-state index contributed by atoms with van der Waals surface area (Å²) in [7, 11) is 0. The van der Waals surface area contributed by atoms with Crippen molar-refractivity contribution < 1.29 is 18.7 Å². The summed E-state index contributed by atoms with van der Waals surface area (Å²) in [5.41, 5.74) is 1.07. The highest BCUT2D eigenvalue weighted by Gasteiger charge is 2.25. The van der Waals surface area contributed by atoms with Crippen molar-refractivity contribution in [2.24, 2.45) is 0 Å². The van der Waals surface area contributed by atoms with Gasteiger partial charge in [-0.2, -0.15) is 0 Å². The van der Waals surface area contributed by atoms with Crippen LogP contribution >= 0.6 is 0 Å². The monoisotopic (exact) mass is 365 g/mol. The Balaban J connectivity index is 1.39. The first-order valence-electron chi connectivity index (χ1n) is 8.80. The Morgan fingerprint density at radius 2 is 1.93 bits per heavy atom. The van der Waals surface area contributed by atoms with E-state index < -0.39 is 5.63 Å². The molecule has 1 aliphatic heterocycles. The highest BCUT2D eigenvalue weighted by Crippen LogP contribution is 2.23. The molecule has 138 valence electrons. The van der Waals surface area contributed by atoms with Gasteiger partial charge in [0.2, 0.25) is 0 Å². The van der Waals surface area contributed by atoms with E-state index in [0.717, 1.165) is 10.9 Å². The smallest absolute Gasteiger partial charge is 0.336 e. The summed E-state index contributed by atoms with van der Waals surface area (Å²) in [5.74, 6) is 0.381. The van der Waals surface area contributed by atoms with Gasteiger partial charge in [-0.3, -0.25) is 4.79 Å². The van der Waals surface area contributed by atoms with Crippen molar-refractivity contribution in [1.82, 2.24) is 4.90 Å². The molecule has 0 saturated carbocycles. The van der Waals surface area contributed by atoms with E-state index in [2.05, 4.69) is 0 Å². The van der Waals surface area contributed by atoms with Gasteiger partial charge in [0, 0.05) is 24.1 Å². The van der Waals surface area contributed by atoms with E-state index in [1.54, 1.807) is 29.2 Å². The molecule has 27 heavy (non-hydrogen) atoms. The standard InChI is InChI=1S/C21H19NO5/c23-20(22-10-11-25-19(13-22)15-4-2-1-3-5-15)14-26-17-8-6-16-7-9-21(24)27-18(16)12-17/h1-9,12,19H,10-11,13-14H2. The zero-order chi connectivity index (χ0) is 18.6. The fourth-order valence-electron chi connectivity index (χ4n) is 3.11. The van der Waals surface area contributed by atoms with Crippen LogP contribution in [0.5, 0.6) is 5.75 Å². The van der Waals surface area contributed by atoms with Crippen molar-refractivity contribution in [3.8, 4) is 5.75 Å². The van der Waals surface area contributed by atoms with Gasteiger partial charge in [-0.1, -0.05) is 30.3 Å². The number of carbonyl (C=O) groups excluding carboxylic acids is 1. The molecule has 1 aliphatic rings. The maximum absolute atomic E-state index is 12.5. The molecular weight excluding hydrogens is 346 g/mol. The van der Waals surface area contributed by atoms with Gasteiger partial charge in [0.15, 0.2) is 6.61 Å². The Hall–Kier alpha value is -3.12. The first kappa shape index (κ1) is 17.3. The second-order valence-electron chi connectivity index (χ2n) is 6.35. The van der Waals surface area contributed by atoms with Crippen LogP contribution in [0.25, 0.3) is 11.0 Å². The maximum Gasteiger partial charge on any atom is 0.336 e. The normalized spacial score (nSPS) is 17.0. The Morgan fingerprint density at radius 3 is 2.78 bits per heavy atom. The zero-order valence-electron chi connectivity index (χ0n) is 14.7. The average Bonchev–Trinajstić information content (AvgIpc) is 2.72. The molecule has 2 heterocycles. The van der Waals surface area contributed by atoms with Crippen molar-refractivity contribution in [3.63, 3.8) is 0 Å². The highest BCUT2D eigenvalue weighted by atomic mass is 16.5. The number of fused-ring (bicyclic) bond motifs is 1. The van der Waals surface area contributed by atoms with E-state index in [0.29, 0.717) is 31.0 Å². The summed E-state index contributed by atoms with van der Waals surface area (Å²) in [4.78, 5) is 25.6. The van der Waals surface area contributed by atoms with Gasteiger partial charge in [-0.25, -0.2) is 4.79 Å². The van der Waals surface area contributed by atoms with E-state index >= 15 is 0 Å². The zero-order valence-corrected chi connectivity index (χ0v) is 14.7. The molecule has 3 aromatic rings. The lowest BCUT2D eigenvalue weighted by Gasteiger charge is -2.33. The van der Waals surface area contributed by atoms with Crippen LogP contribution in [0.1, 0.15) is 11.7 Å². The molecule has 1 fully saturated rings. The summed E-state index contributed by atoms with van der Waals surface area (Å²) in [6.07, 6.45) is -0.126. The average molecular weight is 365 g/mol. The van der Waals surface area contributed by atoms with Gasteiger partial charge in [0.25, 0.3) is 5.91 Å². The molecule has 6 nitrogen and oxygen atoms in total. The van der Waals surface area contributed by atoms with E-state index in [4.69, 9.17) is 13.9 Å². The minimum atomic E-state index is -0.420. The molecule has 1 amide bonds. The van der Waals surface area contributed by atoms with Gasteiger partial charge in [0.05, 0.1) is 13.2 Å². The molecule has 0 N–H and O–H groups in total. The Bertz CT molecular complexity index is 998. The van der Waals surface area contributed by atoms with Crippen molar-refractivity contribution >= 4 is 16.9 Å². The van der Waals surface area contributed by atoms with Gasteiger partial charge in [-0.15, -0.1) is 0 Å². The van der Waals surface area contributed by atoms with Crippen molar-refractivity contribution in [3.05, 3.63) is 76.6 Å². The Labute approximate surface area is 155 Å². The van der Waals surface area contributed by atoms with E-state index in [1.807, 2.05) is 30.3 Å². The first-order valence-corrected chi connectivity index (χ1v) is 8.80. The number of amides is 1. The molecule has 2 aromatic carbocycles. The molecule has 1 aromatic heterocycles. The van der Waals surface area contributed by atoms with Gasteiger partial charge in [-0.05, 0) is 23.8 Å². The fourth-order valence-corrected chi connectivity index (χ4v) is 3.11. The summed E-state index contributed by atoms with van der Waals surface area (Å²) in [6.45, 7) is 1.45. The number of hydrogen-bond acceptors (Lipinski definition) is 5. The molecule has 6 heteroatoms. The third-order valence-corrected chi connectivity index (χ3v) is 4.55. The molecule has 0 bridgehead atoms. The number of ether oxygens (including phenoxy) is 2. The van der Waals surface area contributed by atoms with Crippen LogP contribution in [0.3, 0.4) is 0 Å². The van der Waals surface area contributed by atoms with E-state index in [-0.39, 0.29) is 18.6 Å². The molecule has 0 aliphatic carbocycles. The topological polar surface area (TPSA) is 69.0 Å². The quantitative estimate of drug-likeness (QED) is 0.665. The van der Waals surface area contributed by atoms with E-state index in [9.17, 15) is 9.59 Å². The van der Waals surface area contributed by atoms with Crippen LogP contribution < -0.4 is 10.4 Å². The van der Waals surface area contributed by atoms with Crippen LogP contribution in [0.4, 0.5) is 0 Å². The molecular formula is C21H19NO5. The van der Waals surface area contributed by atoms with Crippen LogP contribution in [-0.2, 0) is 9.53 Å². The number of morpholine rings is 1. The lowest BCUT2D eigenvalue weighted by molar-refractivity contribution is -0.141. The molecule has 1 saturated heterocycles.